The maximum absolute atomic E-state index is 14.3. The fraction of sp³-hybridized carbons (Fsp3) is 0.150. The Hall–Kier alpha value is -3.00. The van der Waals surface area contributed by atoms with Crippen molar-refractivity contribution in [1.29, 1.82) is 0 Å². The molecule has 1 aliphatic heterocycles. The zero-order valence-corrected chi connectivity index (χ0v) is 15.4. The van der Waals surface area contributed by atoms with E-state index in [2.05, 4.69) is 15.3 Å². The number of anilines is 1. The van der Waals surface area contributed by atoms with Crippen LogP contribution in [-0.4, -0.2) is 15.9 Å². The minimum Gasteiger partial charge on any atom is -0.310 e. The van der Waals surface area contributed by atoms with Gasteiger partial charge in [-0.2, -0.15) is 0 Å². The average molecular weight is 399 g/mol. The van der Waals surface area contributed by atoms with Gasteiger partial charge in [0.1, 0.15) is 5.82 Å². The van der Waals surface area contributed by atoms with Crippen molar-refractivity contribution >= 4 is 23.5 Å². The first-order valence-corrected chi connectivity index (χ1v) is 9.56. The summed E-state index contributed by atoms with van der Waals surface area (Å²) in [6.07, 6.45) is -0.158. The Morgan fingerprint density at radius 3 is 2.64 bits per heavy atom. The van der Waals surface area contributed by atoms with Gasteiger partial charge in [0.05, 0.1) is 5.56 Å². The number of fused-ring (bicyclic) bond motifs is 1. The molecular weight excluding hydrogens is 384 g/mol. The van der Waals surface area contributed by atoms with E-state index in [4.69, 9.17) is 0 Å². The predicted molar refractivity (Wildman–Crippen MR) is 102 cm³/mol. The van der Waals surface area contributed by atoms with Crippen LogP contribution in [0.2, 0.25) is 0 Å². The van der Waals surface area contributed by atoms with Crippen molar-refractivity contribution in [2.75, 3.05) is 5.32 Å². The number of amides is 1. The second-order valence-corrected chi connectivity index (χ2v) is 7.32. The fourth-order valence-corrected chi connectivity index (χ4v) is 4.02. The highest BCUT2D eigenvalue weighted by molar-refractivity contribution is 7.98. The summed E-state index contributed by atoms with van der Waals surface area (Å²) in [5, 5.41) is 2.91. The van der Waals surface area contributed by atoms with E-state index >= 15 is 0 Å². The number of hydrogen-bond donors (Lipinski definition) is 2. The summed E-state index contributed by atoms with van der Waals surface area (Å²) in [5.41, 5.74) is 0.673. The molecule has 1 aliphatic rings. The summed E-state index contributed by atoms with van der Waals surface area (Å²) in [7, 11) is 0. The molecule has 3 aromatic rings. The third-order valence-electron chi connectivity index (χ3n) is 4.50. The lowest BCUT2D eigenvalue weighted by molar-refractivity contribution is -0.116. The second-order valence-electron chi connectivity index (χ2n) is 6.36. The zero-order chi connectivity index (χ0) is 19.7. The summed E-state index contributed by atoms with van der Waals surface area (Å²) in [6, 6.07) is 13.4. The third-order valence-corrected chi connectivity index (χ3v) is 5.45. The van der Waals surface area contributed by atoms with Gasteiger partial charge < -0.3 is 10.3 Å². The van der Waals surface area contributed by atoms with E-state index in [-0.39, 0.29) is 23.4 Å². The van der Waals surface area contributed by atoms with Crippen LogP contribution in [0.5, 0.6) is 0 Å². The van der Waals surface area contributed by atoms with Crippen molar-refractivity contribution in [2.45, 2.75) is 23.2 Å². The molecule has 1 amide bonds. The van der Waals surface area contributed by atoms with Gasteiger partial charge in [0.15, 0.2) is 16.8 Å². The van der Waals surface area contributed by atoms with Crippen LogP contribution < -0.4 is 10.9 Å². The molecule has 0 saturated heterocycles. The van der Waals surface area contributed by atoms with Crippen LogP contribution in [0.4, 0.5) is 14.6 Å². The van der Waals surface area contributed by atoms with Crippen LogP contribution in [-0.2, 0) is 10.5 Å². The molecule has 0 radical (unpaired) electrons. The number of nitrogens with zero attached hydrogens (tertiary/aromatic N) is 1. The van der Waals surface area contributed by atoms with Gasteiger partial charge >= 0.3 is 0 Å². The summed E-state index contributed by atoms with van der Waals surface area (Å²) < 4.78 is 27.9. The van der Waals surface area contributed by atoms with Gasteiger partial charge in [0.2, 0.25) is 5.91 Å². The number of aromatic amines is 1. The lowest BCUT2D eigenvalue weighted by atomic mass is 9.86. The van der Waals surface area contributed by atoms with Crippen LogP contribution in [0, 0.1) is 11.6 Å². The normalized spacial score (nSPS) is 15.8. The van der Waals surface area contributed by atoms with Gasteiger partial charge in [0.25, 0.3) is 5.56 Å². The molecule has 0 bridgehead atoms. The first-order valence-electron chi connectivity index (χ1n) is 8.57. The Morgan fingerprint density at radius 1 is 1.07 bits per heavy atom. The van der Waals surface area contributed by atoms with E-state index in [1.165, 1.54) is 23.9 Å². The number of aromatic nitrogens is 2. The van der Waals surface area contributed by atoms with Crippen molar-refractivity contribution in [3.63, 3.8) is 0 Å². The number of H-pyrrole nitrogens is 1. The summed E-state index contributed by atoms with van der Waals surface area (Å²) in [5.74, 6) is -2.72. The van der Waals surface area contributed by atoms with E-state index in [9.17, 15) is 18.4 Å². The molecule has 1 unspecified atom stereocenters. The highest BCUT2D eigenvalue weighted by Gasteiger charge is 2.33. The summed E-state index contributed by atoms with van der Waals surface area (Å²) >= 11 is 1.31. The molecule has 0 spiro atoms. The van der Waals surface area contributed by atoms with Crippen LogP contribution in [0.1, 0.15) is 29.0 Å². The molecule has 0 fully saturated rings. The highest BCUT2D eigenvalue weighted by atomic mass is 32.2. The first-order chi connectivity index (χ1) is 13.5. The molecule has 1 aromatic heterocycles. The SMILES string of the molecule is O=C1CC(c2cccc(F)c2F)c2c(nc(SCc3ccccc3)[nH]c2=O)N1. The molecule has 4 rings (SSSR count). The summed E-state index contributed by atoms with van der Waals surface area (Å²) in [6.45, 7) is 0. The Balaban J connectivity index is 1.70. The maximum atomic E-state index is 14.3. The topological polar surface area (TPSA) is 74.8 Å². The largest absolute Gasteiger partial charge is 0.310 e. The molecule has 5 nitrogen and oxygen atoms in total. The van der Waals surface area contributed by atoms with Gasteiger partial charge in [-0.3, -0.25) is 9.59 Å². The lowest BCUT2D eigenvalue weighted by Crippen LogP contribution is -2.31. The van der Waals surface area contributed by atoms with Crippen LogP contribution >= 0.6 is 11.8 Å². The molecule has 1 atom stereocenters. The number of hydrogen-bond acceptors (Lipinski definition) is 4. The molecule has 0 aliphatic carbocycles. The zero-order valence-electron chi connectivity index (χ0n) is 14.5. The standard InChI is InChI=1S/C20H15F2N3O2S/c21-14-8-4-7-12(17(14)22)13-9-15(26)23-18-16(13)19(27)25-20(24-18)28-10-11-5-2-1-3-6-11/h1-8,13H,9-10H2,(H2,23,24,25,26,27). The number of halogens is 2. The Kier molecular flexibility index (Phi) is 4.95. The number of benzene rings is 2. The van der Waals surface area contributed by atoms with Gasteiger partial charge in [0, 0.05) is 18.1 Å². The van der Waals surface area contributed by atoms with Crippen molar-refractivity contribution in [2.24, 2.45) is 0 Å². The predicted octanol–water partition coefficient (Wildman–Crippen LogP) is 3.81. The van der Waals surface area contributed by atoms with E-state index in [0.717, 1.165) is 11.6 Å². The van der Waals surface area contributed by atoms with Crippen LogP contribution in [0.3, 0.4) is 0 Å². The monoisotopic (exact) mass is 399 g/mol. The maximum Gasteiger partial charge on any atom is 0.257 e. The molecule has 2 N–H and O–H groups in total. The Morgan fingerprint density at radius 2 is 1.86 bits per heavy atom. The second kappa shape index (κ2) is 7.55. The van der Waals surface area contributed by atoms with Gasteiger partial charge in [-0.15, -0.1) is 0 Å². The average Bonchev–Trinajstić information content (AvgIpc) is 2.68. The van der Waals surface area contributed by atoms with Gasteiger partial charge in [-0.1, -0.05) is 54.2 Å². The highest BCUT2D eigenvalue weighted by Crippen LogP contribution is 2.36. The molecular formula is C20H15F2N3O2S. The number of nitrogens with one attached hydrogen (secondary N) is 2. The molecule has 2 heterocycles. The summed E-state index contributed by atoms with van der Waals surface area (Å²) in [4.78, 5) is 31.8. The third kappa shape index (κ3) is 3.55. The number of carbonyl (C=O) groups is 1. The molecule has 8 heteroatoms. The molecule has 142 valence electrons. The van der Waals surface area contributed by atoms with E-state index in [0.29, 0.717) is 10.9 Å². The van der Waals surface area contributed by atoms with Crippen molar-refractivity contribution in [3.05, 3.63) is 87.2 Å². The van der Waals surface area contributed by atoms with Crippen LogP contribution in [0.25, 0.3) is 0 Å². The Bertz CT molecular complexity index is 1100. The van der Waals surface area contributed by atoms with Crippen molar-refractivity contribution < 1.29 is 13.6 Å². The van der Waals surface area contributed by atoms with E-state index < -0.39 is 29.0 Å². The first kappa shape index (κ1) is 18.4. The Labute approximate surface area is 163 Å². The quantitative estimate of drug-likeness (QED) is 0.517. The van der Waals surface area contributed by atoms with Gasteiger partial charge in [-0.05, 0) is 17.2 Å². The minimum atomic E-state index is -1.06. The number of rotatable bonds is 4. The minimum absolute atomic E-state index is 0.0342. The number of carbonyl (C=O) groups excluding carboxylic acids is 1. The smallest absolute Gasteiger partial charge is 0.257 e. The fourth-order valence-electron chi connectivity index (χ4n) is 3.20. The van der Waals surface area contributed by atoms with Crippen LogP contribution in [0.15, 0.2) is 58.5 Å². The molecule has 2 aromatic carbocycles. The molecule has 28 heavy (non-hydrogen) atoms. The molecule has 0 saturated carbocycles. The van der Waals surface area contributed by atoms with Crippen molar-refractivity contribution in [3.8, 4) is 0 Å². The van der Waals surface area contributed by atoms with Crippen molar-refractivity contribution in [1.82, 2.24) is 9.97 Å². The van der Waals surface area contributed by atoms with E-state index in [1.54, 1.807) is 0 Å². The van der Waals surface area contributed by atoms with Gasteiger partial charge in [-0.25, -0.2) is 13.8 Å². The lowest BCUT2D eigenvalue weighted by Gasteiger charge is -2.24. The van der Waals surface area contributed by atoms with E-state index in [1.807, 2.05) is 30.3 Å². The number of thioether (sulfide) groups is 1.